The van der Waals surface area contributed by atoms with Crippen LogP contribution in [0, 0.1) is 0 Å². The first-order valence-electron chi connectivity index (χ1n) is 8.43. The fraction of sp³-hybridized carbons (Fsp3) is 0.684. The van der Waals surface area contributed by atoms with Crippen molar-refractivity contribution in [3.8, 4) is 0 Å². The molecule has 0 radical (unpaired) electrons. The molecule has 0 bridgehead atoms. The Morgan fingerprint density at radius 1 is 0.900 bits per heavy atom. The summed E-state index contributed by atoms with van der Waals surface area (Å²) in [7, 11) is 0. The van der Waals surface area contributed by atoms with Gasteiger partial charge in [-0.2, -0.15) is 0 Å². The van der Waals surface area contributed by atoms with Crippen LogP contribution in [0.15, 0.2) is 24.3 Å². The van der Waals surface area contributed by atoms with Gasteiger partial charge in [0.1, 0.15) is 0 Å². The molecule has 2 aliphatic rings. The molecule has 1 heterocycles. The molecule has 0 amide bonds. The van der Waals surface area contributed by atoms with E-state index in [9.17, 15) is 0 Å². The van der Waals surface area contributed by atoms with E-state index >= 15 is 0 Å². The normalized spacial score (nSPS) is 25.4. The van der Waals surface area contributed by atoms with Crippen LogP contribution < -0.4 is 0 Å². The molecule has 1 atom stereocenters. The molecule has 1 nitrogen and oxygen atoms in total. The second-order valence-corrected chi connectivity index (χ2v) is 7.63. The van der Waals surface area contributed by atoms with Gasteiger partial charge in [-0.15, -0.1) is 0 Å². The lowest BCUT2D eigenvalue weighted by atomic mass is 9.91. The Morgan fingerprint density at radius 3 is 2.25 bits per heavy atom. The van der Waals surface area contributed by atoms with Crippen LogP contribution in [0.5, 0.6) is 0 Å². The van der Waals surface area contributed by atoms with Crippen molar-refractivity contribution in [1.82, 2.24) is 4.90 Å². The lowest BCUT2D eigenvalue weighted by Gasteiger charge is -2.41. The van der Waals surface area contributed by atoms with Crippen LogP contribution in [0.1, 0.15) is 82.4 Å². The van der Waals surface area contributed by atoms with Gasteiger partial charge in [0.05, 0.1) is 0 Å². The smallest absolute Gasteiger partial charge is 0.0356 e. The van der Waals surface area contributed by atoms with Crippen molar-refractivity contribution in [3.05, 3.63) is 35.4 Å². The summed E-state index contributed by atoms with van der Waals surface area (Å²) in [6, 6.07) is 9.90. The van der Waals surface area contributed by atoms with Crippen molar-refractivity contribution in [3.63, 3.8) is 0 Å². The molecule has 0 aromatic heterocycles. The van der Waals surface area contributed by atoms with Gasteiger partial charge in [0.25, 0.3) is 0 Å². The molecule has 1 aliphatic heterocycles. The van der Waals surface area contributed by atoms with Crippen LogP contribution in [-0.2, 0) is 0 Å². The van der Waals surface area contributed by atoms with Gasteiger partial charge in [0.2, 0.25) is 0 Å². The van der Waals surface area contributed by atoms with Gasteiger partial charge in [0.15, 0.2) is 0 Å². The average Bonchev–Trinajstić information content (AvgIpc) is 3.24. The topological polar surface area (TPSA) is 3.24 Å². The first-order chi connectivity index (χ1) is 9.57. The molecular weight excluding hydrogens is 242 g/mol. The zero-order chi connectivity index (χ0) is 14.2. The van der Waals surface area contributed by atoms with Gasteiger partial charge in [-0.1, -0.05) is 37.1 Å². The van der Waals surface area contributed by atoms with Crippen LogP contribution in [0.25, 0.3) is 0 Å². The second-order valence-electron chi connectivity index (χ2n) is 7.63. The van der Waals surface area contributed by atoms with Gasteiger partial charge in [-0.25, -0.2) is 0 Å². The SMILES string of the molecule is CC(C)(C)N1CCCCCC1c1ccccc1C1CC1. The van der Waals surface area contributed by atoms with E-state index in [0.29, 0.717) is 6.04 Å². The molecule has 0 spiro atoms. The molecule has 0 N–H and O–H groups in total. The molecule has 1 unspecified atom stereocenters. The lowest BCUT2D eigenvalue weighted by Crippen LogP contribution is -2.44. The molecular formula is C19H29N. The van der Waals surface area contributed by atoms with E-state index < -0.39 is 0 Å². The summed E-state index contributed by atoms with van der Waals surface area (Å²) < 4.78 is 0. The number of hydrogen-bond acceptors (Lipinski definition) is 1. The van der Waals surface area contributed by atoms with Crippen LogP contribution >= 0.6 is 0 Å². The van der Waals surface area contributed by atoms with Crippen molar-refractivity contribution in [1.29, 1.82) is 0 Å². The molecule has 1 aromatic rings. The lowest BCUT2D eigenvalue weighted by molar-refractivity contribution is 0.0839. The van der Waals surface area contributed by atoms with E-state index in [-0.39, 0.29) is 5.54 Å². The highest BCUT2D eigenvalue weighted by Gasteiger charge is 2.34. The van der Waals surface area contributed by atoms with E-state index in [0.717, 1.165) is 5.92 Å². The fourth-order valence-corrected chi connectivity index (χ4v) is 3.82. The highest BCUT2D eigenvalue weighted by molar-refractivity contribution is 5.36. The van der Waals surface area contributed by atoms with Gasteiger partial charge >= 0.3 is 0 Å². The quantitative estimate of drug-likeness (QED) is 0.707. The summed E-state index contributed by atoms with van der Waals surface area (Å²) in [5.74, 6) is 0.858. The van der Waals surface area contributed by atoms with E-state index in [1.165, 1.54) is 45.1 Å². The molecule has 1 heteroatoms. The summed E-state index contributed by atoms with van der Waals surface area (Å²) in [6.07, 6.45) is 8.28. The summed E-state index contributed by atoms with van der Waals surface area (Å²) in [6.45, 7) is 8.40. The number of rotatable bonds is 2. The third kappa shape index (κ3) is 2.93. The maximum Gasteiger partial charge on any atom is 0.0356 e. The zero-order valence-electron chi connectivity index (χ0n) is 13.4. The first-order valence-corrected chi connectivity index (χ1v) is 8.43. The Hall–Kier alpha value is -0.820. The van der Waals surface area contributed by atoms with Gasteiger partial charge < -0.3 is 0 Å². The second kappa shape index (κ2) is 5.52. The molecule has 20 heavy (non-hydrogen) atoms. The van der Waals surface area contributed by atoms with Crippen molar-refractivity contribution in [2.75, 3.05) is 6.54 Å². The summed E-state index contributed by atoms with van der Waals surface area (Å²) in [4.78, 5) is 2.77. The van der Waals surface area contributed by atoms with Gasteiger partial charge in [0, 0.05) is 11.6 Å². The van der Waals surface area contributed by atoms with Crippen molar-refractivity contribution in [2.45, 2.75) is 76.8 Å². The Bertz CT molecular complexity index is 453. The highest BCUT2D eigenvalue weighted by Crippen LogP contribution is 2.46. The Labute approximate surface area is 124 Å². The number of likely N-dealkylation sites (tertiary alicyclic amines) is 1. The number of benzene rings is 1. The van der Waals surface area contributed by atoms with Crippen LogP contribution in [0.2, 0.25) is 0 Å². The molecule has 1 saturated carbocycles. The first kappa shape index (κ1) is 14.1. The van der Waals surface area contributed by atoms with Crippen LogP contribution in [0.4, 0.5) is 0 Å². The molecule has 1 aromatic carbocycles. The molecule has 110 valence electrons. The van der Waals surface area contributed by atoms with Crippen LogP contribution in [0.3, 0.4) is 0 Å². The largest absolute Gasteiger partial charge is 0.291 e. The molecule has 2 fully saturated rings. The third-order valence-electron chi connectivity index (χ3n) is 4.99. The maximum atomic E-state index is 2.77. The Morgan fingerprint density at radius 2 is 1.60 bits per heavy atom. The molecule has 1 aliphatic carbocycles. The van der Waals surface area contributed by atoms with E-state index in [1.807, 2.05) is 0 Å². The predicted octanol–water partition coefficient (Wildman–Crippen LogP) is 5.28. The standard InChI is InChI=1S/C19H29N/c1-19(2,3)20-14-8-4-5-11-18(20)17-10-7-6-9-16(17)15-12-13-15/h6-7,9-10,15,18H,4-5,8,11-14H2,1-3H3. The monoisotopic (exact) mass is 271 g/mol. The zero-order valence-corrected chi connectivity index (χ0v) is 13.4. The average molecular weight is 271 g/mol. The Balaban J connectivity index is 1.96. The predicted molar refractivity (Wildman–Crippen MR) is 86.1 cm³/mol. The molecule has 1 saturated heterocycles. The summed E-state index contributed by atoms with van der Waals surface area (Å²) in [5.41, 5.74) is 3.55. The van der Waals surface area contributed by atoms with E-state index in [2.05, 4.69) is 49.9 Å². The number of hydrogen-bond donors (Lipinski definition) is 0. The summed E-state index contributed by atoms with van der Waals surface area (Å²) in [5, 5.41) is 0. The summed E-state index contributed by atoms with van der Waals surface area (Å²) >= 11 is 0. The van der Waals surface area contributed by atoms with Gasteiger partial charge in [-0.05, 0) is 70.0 Å². The maximum absolute atomic E-state index is 2.77. The minimum absolute atomic E-state index is 0.270. The third-order valence-corrected chi connectivity index (χ3v) is 4.99. The van der Waals surface area contributed by atoms with Crippen molar-refractivity contribution < 1.29 is 0 Å². The minimum Gasteiger partial charge on any atom is -0.291 e. The van der Waals surface area contributed by atoms with E-state index in [4.69, 9.17) is 0 Å². The van der Waals surface area contributed by atoms with Crippen LogP contribution in [-0.4, -0.2) is 17.0 Å². The van der Waals surface area contributed by atoms with Gasteiger partial charge in [-0.3, -0.25) is 4.90 Å². The highest BCUT2D eigenvalue weighted by atomic mass is 15.2. The molecule has 3 rings (SSSR count). The minimum atomic E-state index is 0.270. The van der Waals surface area contributed by atoms with Crippen molar-refractivity contribution >= 4 is 0 Å². The Kier molecular flexibility index (Phi) is 3.90. The fourth-order valence-electron chi connectivity index (χ4n) is 3.82. The number of nitrogens with zero attached hydrogens (tertiary/aromatic N) is 1. The van der Waals surface area contributed by atoms with Crippen molar-refractivity contribution in [2.24, 2.45) is 0 Å². The van der Waals surface area contributed by atoms with E-state index in [1.54, 1.807) is 11.1 Å².